The number of rotatable bonds is 3. The Hall–Kier alpha value is -2.61. The molecule has 2 aromatic rings. The Balaban J connectivity index is 2.47. The molecule has 0 saturated carbocycles. The Labute approximate surface area is 110 Å². The smallest absolute Gasteiger partial charge is 0.218 e. The number of benzene rings is 1. The van der Waals surface area contributed by atoms with Gasteiger partial charge in [0.15, 0.2) is 0 Å². The van der Waals surface area contributed by atoms with E-state index in [0.29, 0.717) is 12.3 Å². The van der Waals surface area contributed by atoms with Crippen LogP contribution in [-0.2, 0) is 0 Å². The average molecular weight is 255 g/mol. The maximum Gasteiger partial charge on any atom is 0.218 e. The molecule has 0 aliphatic carbocycles. The van der Waals surface area contributed by atoms with Crippen molar-refractivity contribution in [2.75, 3.05) is 6.61 Å². The van der Waals surface area contributed by atoms with Gasteiger partial charge >= 0.3 is 0 Å². The number of aromatic nitrogens is 2. The summed E-state index contributed by atoms with van der Waals surface area (Å²) >= 11 is 0. The quantitative estimate of drug-likeness (QED) is 0.838. The van der Waals surface area contributed by atoms with E-state index >= 15 is 0 Å². The van der Waals surface area contributed by atoms with Gasteiger partial charge in [0.25, 0.3) is 0 Å². The molecule has 19 heavy (non-hydrogen) atoms. The molecule has 0 atom stereocenters. The third-order valence-electron chi connectivity index (χ3n) is 2.61. The molecule has 2 rings (SSSR count). The summed E-state index contributed by atoms with van der Waals surface area (Å²) in [6.07, 6.45) is 0. The van der Waals surface area contributed by atoms with Crippen molar-refractivity contribution in [1.29, 1.82) is 5.26 Å². The standard InChI is InChI=1S/C14H13N3O2/c1-3-19-12-6-4-11(5-7-12)17-10(2)8-14(18)13(9-15)16-17/h4-8H,3H2,1-2H3. The van der Waals surface area contributed by atoms with Crippen LogP contribution in [0.3, 0.4) is 0 Å². The monoisotopic (exact) mass is 255 g/mol. The van der Waals surface area contributed by atoms with E-state index in [1.54, 1.807) is 17.7 Å². The van der Waals surface area contributed by atoms with E-state index in [1.165, 1.54) is 6.07 Å². The van der Waals surface area contributed by atoms with Crippen molar-refractivity contribution in [2.45, 2.75) is 13.8 Å². The fourth-order valence-corrected chi connectivity index (χ4v) is 1.74. The molecular weight excluding hydrogens is 242 g/mol. The van der Waals surface area contributed by atoms with Crippen molar-refractivity contribution in [3.8, 4) is 17.5 Å². The molecule has 0 spiro atoms. The molecule has 0 bridgehead atoms. The van der Waals surface area contributed by atoms with Gasteiger partial charge in [-0.05, 0) is 38.1 Å². The molecule has 0 saturated heterocycles. The third kappa shape index (κ3) is 2.63. The lowest BCUT2D eigenvalue weighted by atomic mass is 10.2. The first-order chi connectivity index (χ1) is 9.15. The lowest BCUT2D eigenvalue weighted by Crippen LogP contribution is -2.16. The molecule has 1 aromatic carbocycles. The summed E-state index contributed by atoms with van der Waals surface area (Å²) in [5, 5.41) is 12.9. The highest BCUT2D eigenvalue weighted by Crippen LogP contribution is 2.15. The molecular formula is C14H13N3O2. The average Bonchev–Trinajstić information content (AvgIpc) is 2.41. The molecule has 5 nitrogen and oxygen atoms in total. The summed E-state index contributed by atoms with van der Waals surface area (Å²) in [5.41, 5.74) is 0.979. The molecule has 96 valence electrons. The molecule has 0 fully saturated rings. The zero-order valence-corrected chi connectivity index (χ0v) is 10.8. The summed E-state index contributed by atoms with van der Waals surface area (Å²) in [6, 6.07) is 10.5. The van der Waals surface area contributed by atoms with Gasteiger partial charge in [0.1, 0.15) is 11.8 Å². The van der Waals surface area contributed by atoms with E-state index in [1.807, 2.05) is 31.2 Å². The summed E-state index contributed by atoms with van der Waals surface area (Å²) < 4.78 is 6.92. The summed E-state index contributed by atoms with van der Waals surface area (Å²) in [7, 11) is 0. The minimum atomic E-state index is -0.359. The SMILES string of the molecule is CCOc1ccc(-n2nc(C#N)c(=O)cc2C)cc1. The van der Waals surface area contributed by atoms with Crippen molar-refractivity contribution in [1.82, 2.24) is 9.78 Å². The van der Waals surface area contributed by atoms with Crippen LogP contribution in [0.25, 0.3) is 5.69 Å². The second kappa shape index (κ2) is 5.36. The zero-order chi connectivity index (χ0) is 13.8. The topological polar surface area (TPSA) is 67.9 Å². The molecule has 0 radical (unpaired) electrons. The Bertz CT molecular complexity index is 681. The molecule has 5 heteroatoms. The fraction of sp³-hybridized carbons (Fsp3) is 0.214. The van der Waals surface area contributed by atoms with Gasteiger partial charge in [-0.15, -0.1) is 0 Å². The predicted molar refractivity (Wildman–Crippen MR) is 70.5 cm³/mol. The first-order valence-corrected chi connectivity index (χ1v) is 5.90. The third-order valence-corrected chi connectivity index (χ3v) is 2.61. The van der Waals surface area contributed by atoms with Crippen LogP contribution in [0.5, 0.6) is 5.75 Å². The Kier molecular flexibility index (Phi) is 3.62. The van der Waals surface area contributed by atoms with Crippen molar-refractivity contribution >= 4 is 0 Å². The largest absolute Gasteiger partial charge is 0.494 e. The van der Waals surface area contributed by atoms with Gasteiger partial charge in [0.2, 0.25) is 11.1 Å². The summed E-state index contributed by atoms with van der Waals surface area (Å²) in [5.74, 6) is 0.769. The van der Waals surface area contributed by atoms with Gasteiger partial charge in [0.05, 0.1) is 12.3 Å². The summed E-state index contributed by atoms with van der Waals surface area (Å²) in [6.45, 7) is 4.29. The predicted octanol–water partition coefficient (Wildman–Crippen LogP) is 1.81. The van der Waals surface area contributed by atoms with Crippen LogP contribution in [-0.4, -0.2) is 16.4 Å². The molecule has 0 aliphatic heterocycles. The molecule has 1 heterocycles. The van der Waals surface area contributed by atoms with Gasteiger partial charge < -0.3 is 4.74 Å². The van der Waals surface area contributed by atoms with Crippen molar-refractivity contribution in [3.05, 3.63) is 51.9 Å². The van der Waals surface area contributed by atoms with Crippen LogP contribution < -0.4 is 10.2 Å². The zero-order valence-electron chi connectivity index (χ0n) is 10.8. The highest BCUT2D eigenvalue weighted by atomic mass is 16.5. The lowest BCUT2D eigenvalue weighted by molar-refractivity contribution is 0.340. The maximum absolute atomic E-state index is 11.5. The number of nitrogens with zero attached hydrogens (tertiary/aromatic N) is 3. The Morgan fingerprint density at radius 3 is 2.63 bits per heavy atom. The van der Waals surface area contributed by atoms with Gasteiger partial charge in [-0.1, -0.05) is 0 Å². The normalized spacial score (nSPS) is 9.95. The number of nitriles is 1. The molecule has 0 aliphatic rings. The molecule has 0 N–H and O–H groups in total. The second-order valence-corrected chi connectivity index (χ2v) is 3.95. The van der Waals surface area contributed by atoms with E-state index in [2.05, 4.69) is 5.10 Å². The van der Waals surface area contributed by atoms with E-state index in [-0.39, 0.29) is 11.1 Å². The number of ether oxygens (including phenoxy) is 1. The number of aryl methyl sites for hydroxylation is 1. The first-order valence-electron chi connectivity index (χ1n) is 5.90. The molecule has 0 unspecified atom stereocenters. The summed E-state index contributed by atoms with van der Waals surface area (Å²) in [4.78, 5) is 11.5. The van der Waals surface area contributed by atoms with E-state index in [9.17, 15) is 4.79 Å². The highest BCUT2D eigenvalue weighted by Gasteiger charge is 2.06. The Morgan fingerprint density at radius 2 is 2.05 bits per heavy atom. The van der Waals surface area contributed by atoms with E-state index < -0.39 is 0 Å². The van der Waals surface area contributed by atoms with E-state index in [4.69, 9.17) is 10.00 Å². The fourth-order valence-electron chi connectivity index (χ4n) is 1.74. The minimum absolute atomic E-state index is 0.112. The van der Waals surface area contributed by atoms with Crippen LogP contribution in [0.15, 0.2) is 35.1 Å². The van der Waals surface area contributed by atoms with Crippen molar-refractivity contribution in [2.24, 2.45) is 0 Å². The van der Waals surface area contributed by atoms with Gasteiger partial charge in [-0.25, -0.2) is 4.68 Å². The second-order valence-electron chi connectivity index (χ2n) is 3.95. The minimum Gasteiger partial charge on any atom is -0.494 e. The van der Waals surface area contributed by atoms with Gasteiger partial charge in [-0.2, -0.15) is 10.4 Å². The van der Waals surface area contributed by atoms with Crippen LogP contribution >= 0.6 is 0 Å². The van der Waals surface area contributed by atoms with Gasteiger partial charge in [0, 0.05) is 11.8 Å². The first kappa shape index (κ1) is 12.8. The van der Waals surface area contributed by atoms with Crippen molar-refractivity contribution < 1.29 is 4.74 Å². The van der Waals surface area contributed by atoms with E-state index in [0.717, 1.165) is 11.4 Å². The molecule has 1 aromatic heterocycles. The molecule has 0 amide bonds. The number of hydrogen-bond donors (Lipinski definition) is 0. The van der Waals surface area contributed by atoms with Crippen LogP contribution in [0.1, 0.15) is 18.3 Å². The van der Waals surface area contributed by atoms with Crippen LogP contribution in [0, 0.1) is 18.3 Å². The highest BCUT2D eigenvalue weighted by molar-refractivity contribution is 5.38. The van der Waals surface area contributed by atoms with Crippen LogP contribution in [0.4, 0.5) is 0 Å². The van der Waals surface area contributed by atoms with Gasteiger partial charge in [-0.3, -0.25) is 4.79 Å². The maximum atomic E-state index is 11.5. The lowest BCUT2D eigenvalue weighted by Gasteiger charge is -2.10. The van der Waals surface area contributed by atoms with Crippen molar-refractivity contribution in [3.63, 3.8) is 0 Å². The Morgan fingerprint density at radius 1 is 1.37 bits per heavy atom. The van der Waals surface area contributed by atoms with Crippen LogP contribution in [0.2, 0.25) is 0 Å². The number of hydrogen-bond acceptors (Lipinski definition) is 4.